The average Bonchev–Trinajstić information content (AvgIpc) is 2.52. The largest absolute Gasteiger partial charge is 0.743 e. The van der Waals surface area contributed by atoms with Crippen LogP contribution in [0.5, 0.6) is 5.75 Å². The van der Waals surface area contributed by atoms with E-state index in [1.807, 2.05) is 13.8 Å². The molecule has 2 unspecified atom stereocenters. The summed E-state index contributed by atoms with van der Waals surface area (Å²) in [5.74, 6) is -1.36. The number of alkyl halides is 5. The summed E-state index contributed by atoms with van der Waals surface area (Å²) in [5.41, 5.74) is 0.908. The number of benzene rings is 1. The Balaban J connectivity index is 2.81. The van der Waals surface area contributed by atoms with Gasteiger partial charge in [-0.05, 0) is 30.0 Å². The molecule has 1 aromatic carbocycles. The minimum absolute atomic E-state index is 0.0811. The van der Waals surface area contributed by atoms with E-state index in [0.717, 1.165) is 12.0 Å². The van der Waals surface area contributed by atoms with Crippen LogP contribution < -0.4 is 4.74 Å². The van der Waals surface area contributed by atoms with E-state index < -0.39 is 40.2 Å². The van der Waals surface area contributed by atoms with Crippen molar-refractivity contribution in [1.82, 2.24) is 0 Å². The summed E-state index contributed by atoms with van der Waals surface area (Å²) in [4.78, 5) is 11.5. The van der Waals surface area contributed by atoms with Crippen LogP contribution in [0.25, 0.3) is 0 Å². The Labute approximate surface area is 152 Å². The topological polar surface area (TPSA) is 92.7 Å². The highest BCUT2D eigenvalue weighted by atomic mass is 32.2. The van der Waals surface area contributed by atoms with Gasteiger partial charge in [0.1, 0.15) is 12.4 Å². The van der Waals surface area contributed by atoms with E-state index >= 15 is 0 Å². The first-order valence-corrected chi connectivity index (χ1v) is 8.93. The fourth-order valence-electron chi connectivity index (χ4n) is 1.93. The molecule has 6 nitrogen and oxygen atoms in total. The Morgan fingerprint density at radius 1 is 1.15 bits per heavy atom. The molecule has 27 heavy (non-hydrogen) atoms. The second-order valence-corrected chi connectivity index (χ2v) is 7.05. The van der Waals surface area contributed by atoms with Gasteiger partial charge in [-0.15, -0.1) is 0 Å². The Hall–Kier alpha value is -1.79. The zero-order valence-corrected chi connectivity index (χ0v) is 14.9. The third kappa shape index (κ3) is 6.11. The van der Waals surface area contributed by atoms with Crippen molar-refractivity contribution in [3.63, 3.8) is 0 Å². The van der Waals surface area contributed by atoms with Crippen LogP contribution in [0.2, 0.25) is 0 Å². The van der Waals surface area contributed by atoms with Gasteiger partial charge >= 0.3 is 17.4 Å². The molecule has 0 amide bonds. The van der Waals surface area contributed by atoms with Crippen LogP contribution >= 0.6 is 0 Å². The zero-order valence-electron chi connectivity index (χ0n) is 14.1. The van der Waals surface area contributed by atoms with Gasteiger partial charge in [0, 0.05) is 0 Å². The minimum atomic E-state index is -6.69. The van der Waals surface area contributed by atoms with Crippen LogP contribution in [0.1, 0.15) is 31.7 Å². The van der Waals surface area contributed by atoms with Gasteiger partial charge in [0.15, 0.2) is 10.1 Å². The van der Waals surface area contributed by atoms with Gasteiger partial charge in [-0.2, -0.15) is 22.0 Å². The average molecular weight is 419 g/mol. The lowest BCUT2D eigenvalue weighted by molar-refractivity contribution is -0.263. The quantitative estimate of drug-likeness (QED) is 0.278. The molecule has 1 aromatic rings. The van der Waals surface area contributed by atoms with Crippen molar-refractivity contribution in [3.8, 4) is 5.75 Å². The molecule has 154 valence electrons. The summed E-state index contributed by atoms with van der Waals surface area (Å²) in [5, 5.41) is -5.82. The van der Waals surface area contributed by atoms with E-state index in [-0.39, 0.29) is 11.7 Å². The Bertz CT molecular complexity index is 745. The van der Waals surface area contributed by atoms with E-state index in [9.17, 15) is 39.7 Å². The second-order valence-electron chi connectivity index (χ2n) is 5.60. The maximum atomic E-state index is 13.2. The van der Waals surface area contributed by atoms with Crippen LogP contribution in [0.4, 0.5) is 22.0 Å². The maximum absolute atomic E-state index is 13.2. The van der Waals surface area contributed by atoms with Gasteiger partial charge < -0.3 is 14.0 Å². The fraction of sp³-hybridized carbons (Fsp3) is 0.533. The first kappa shape index (κ1) is 23.2. The molecule has 0 aliphatic carbocycles. The summed E-state index contributed by atoms with van der Waals surface area (Å²) in [6.07, 6.45) is -9.39. The molecule has 0 spiro atoms. The first-order chi connectivity index (χ1) is 12.2. The van der Waals surface area contributed by atoms with Crippen molar-refractivity contribution in [2.24, 2.45) is 0 Å². The molecule has 12 heteroatoms. The molecule has 0 aliphatic heterocycles. The van der Waals surface area contributed by atoms with Crippen LogP contribution in [0.3, 0.4) is 0 Å². The molecule has 0 saturated carbocycles. The number of esters is 1. The van der Waals surface area contributed by atoms with Crippen LogP contribution in [0, 0.1) is 0 Å². The lowest BCUT2D eigenvalue weighted by Gasteiger charge is -2.29. The second kappa shape index (κ2) is 8.48. The summed E-state index contributed by atoms with van der Waals surface area (Å²) < 4.78 is 104. The van der Waals surface area contributed by atoms with Crippen molar-refractivity contribution in [3.05, 3.63) is 29.8 Å². The maximum Gasteiger partial charge on any atom is 0.421 e. The van der Waals surface area contributed by atoms with Gasteiger partial charge in [-0.1, -0.05) is 26.0 Å². The SMILES string of the molecule is CCC(C)c1ccc(OC(=O)COC(C(F)(F)F)C(F)(F)S(=O)(=O)[O-])cc1. The molecule has 0 N–H and O–H groups in total. The molecular formula is C15H16F5O6S-. The van der Waals surface area contributed by atoms with E-state index in [0.29, 0.717) is 0 Å². The molecule has 0 fully saturated rings. The van der Waals surface area contributed by atoms with Crippen molar-refractivity contribution >= 4 is 16.1 Å². The van der Waals surface area contributed by atoms with Crippen molar-refractivity contribution < 1.29 is 49.2 Å². The normalized spacial score (nSPS) is 15.3. The lowest BCUT2D eigenvalue weighted by Crippen LogP contribution is -2.52. The minimum Gasteiger partial charge on any atom is -0.743 e. The molecule has 0 aliphatic rings. The Morgan fingerprint density at radius 3 is 2.07 bits per heavy atom. The number of carbonyl (C=O) groups is 1. The van der Waals surface area contributed by atoms with Gasteiger partial charge in [0.05, 0.1) is 0 Å². The number of carbonyl (C=O) groups excluding carboxylic acids is 1. The molecular weight excluding hydrogens is 403 g/mol. The third-order valence-corrected chi connectivity index (χ3v) is 4.48. The van der Waals surface area contributed by atoms with Crippen molar-refractivity contribution in [2.75, 3.05) is 6.61 Å². The molecule has 1 rings (SSSR count). The van der Waals surface area contributed by atoms with Gasteiger partial charge in [0.2, 0.25) is 6.10 Å². The zero-order chi connectivity index (χ0) is 21.0. The first-order valence-electron chi connectivity index (χ1n) is 7.52. The van der Waals surface area contributed by atoms with Crippen LogP contribution in [-0.2, 0) is 19.6 Å². The summed E-state index contributed by atoms with van der Waals surface area (Å²) >= 11 is 0. The van der Waals surface area contributed by atoms with Crippen molar-refractivity contribution in [1.29, 1.82) is 0 Å². The molecule has 0 aromatic heterocycles. The molecule has 0 bridgehead atoms. The lowest BCUT2D eigenvalue weighted by atomic mass is 9.99. The Kier molecular flexibility index (Phi) is 7.30. The standard InChI is InChI=1S/C15H17F5O6S/c1-3-9(2)10-4-6-11(7-5-10)26-12(21)8-25-13(14(16,17)18)15(19,20)27(22,23)24/h4-7,9,13H,3,8H2,1-2H3,(H,22,23,24)/p-1. The highest BCUT2D eigenvalue weighted by Gasteiger charge is 2.61. The number of halogens is 5. The summed E-state index contributed by atoms with van der Waals surface area (Å²) in [6, 6.07) is 5.90. The number of rotatable bonds is 8. The van der Waals surface area contributed by atoms with E-state index in [2.05, 4.69) is 9.47 Å². The highest BCUT2D eigenvalue weighted by molar-refractivity contribution is 7.86. The van der Waals surface area contributed by atoms with Gasteiger partial charge in [-0.25, -0.2) is 13.2 Å². The Morgan fingerprint density at radius 2 is 1.67 bits per heavy atom. The smallest absolute Gasteiger partial charge is 0.421 e. The monoisotopic (exact) mass is 419 g/mol. The predicted molar refractivity (Wildman–Crippen MR) is 81.2 cm³/mol. The van der Waals surface area contributed by atoms with Crippen molar-refractivity contribution in [2.45, 2.75) is 43.7 Å². The van der Waals surface area contributed by atoms with Crippen LogP contribution in [0.15, 0.2) is 24.3 Å². The molecule has 0 heterocycles. The van der Waals surface area contributed by atoms with Crippen LogP contribution in [-0.4, -0.2) is 43.1 Å². The van der Waals surface area contributed by atoms with Gasteiger partial charge in [-0.3, -0.25) is 0 Å². The molecule has 0 saturated heterocycles. The third-order valence-electron chi connectivity index (χ3n) is 3.60. The molecule has 2 atom stereocenters. The highest BCUT2D eigenvalue weighted by Crippen LogP contribution is 2.37. The number of hydrogen-bond donors (Lipinski definition) is 0. The van der Waals surface area contributed by atoms with E-state index in [4.69, 9.17) is 0 Å². The fourth-order valence-corrected chi connectivity index (χ4v) is 2.39. The van der Waals surface area contributed by atoms with Gasteiger partial charge in [0.25, 0.3) is 0 Å². The summed E-state index contributed by atoms with van der Waals surface area (Å²) in [6.45, 7) is 2.24. The van der Waals surface area contributed by atoms with E-state index in [1.54, 1.807) is 12.1 Å². The number of ether oxygens (including phenoxy) is 2. The summed E-state index contributed by atoms with van der Waals surface area (Å²) in [7, 11) is -6.69. The van der Waals surface area contributed by atoms with E-state index in [1.165, 1.54) is 12.1 Å². The predicted octanol–water partition coefficient (Wildman–Crippen LogP) is 3.19. The number of hydrogen-bond acceptors (Lipinski definition) is 6. The molecule has 0 radical (unpaired) electrons.